The Morgan fingerprint density at radius 3 is 2.34 bits per heavy atom. The van der Waals surface area contributed by atoms with E-state index in [-0.39, 0.29) is 12.3 Å². The molecule has 3 aromatic rings. The summed E-state index contributed by atoms with van der Waals surface area (Å²) in [7, 11) is 4.56. The number of carbonyl (C=O) groups is 1. The number of nitrogens with one attached hydrogen (secondary N) is 1. The fraction of sp³-hybridized carbons (Fsp3) is 0.286. The Morgan fingerprint density at radius 2 is 1.72 bits per heavy atom. The molecule has 0 bridgehead atoms. The minimum atomic E-state index is -0.199. The highest BCUT2D eigenvalue weighted by atomic mass is 16.5. The van der Waals surface area contributed by atoms with Crippen molar-refractivity contribution in [3.63, 3.8) is 0 Å². The minimum absolute atomic E-state index is 0.187. The fourth-order valence-corrected chi connectivity index (χ4v) is 2.87. The molecule has 0 aliphatic carbocycles. The summed E-state index contributed by atoms with van der Waals surface area (Å²) in [5.74, 6) is 2.03. The fourth-order valence-electron chi connectivity index (χ4n) is 2.87. The van der Waals surface area contributed by atoms with Gasteiger partial charge in [0.15, 0.2) is 11.5 Å². The number of amides is 1. The van der Waals surface area contributed by atoms with Crippen LogP contribution in [0.2, 0.25) is 0 Å². The molecule has 0 saturated heterocycles. The summed E-state index contributed by atoms with van der Waals surface area (Å²) in [6.07, 6.45) is 0.515. The Labute approximate surface area is 168 Å². The molecule has 0 spiro atoms. The van der Waals surface area contributed by atoms with Gasteiger partial charge in [-0.1, -0.05) is 18.2 Å². The summed E-state index contributed by atoms with van der Waals surface area (Å²) in [5.41, 5.74) is 2.46. The van der Waals surface area contributed by atoms with Gasteiger partial charge in [0, 0.05) is 36.2 Å². The average molecular weight is 397 g/mol. The summed E-state index contributed by atoms with van der Waals surface area (Å²) >= 11 is 0. The van der Waals surface area contributed by atoms with Crippen LogP contribution in [0.4, 0.5) is 5.69 Å². The number of hydrogen-bond acceptors (Lipinski definition) is 7. The molecule has 1 heterocycles. The van der Waals surface area contributed by atoms with Crippen LogP contribution in [-0.2, 0) is 11.2 Å². The van der Waals surface area contributed by atoms with E-state index in [0.717, 1.165) is 11.1 Å². The van der Waals surface area contributed by atoms with Crippen molar-refractivity contribution in [1.82, 2.24) is 10.2 Å². The molecule has 29 heavy (non-hydrogen) atoms. The summed E-state index contributed by atoms with van der Waals surface area (Å²) in [6, 6.07) is 11.1. The highest BCUT2D eigenvalue weighted by Crippen LogP contribution is 2.39. The highest BCUT2D eigenvalue weighted by Gasteiger charge is 2.16. The number of benzene rings is 2. The molecule has 8 heteroatoms. The van der Waals surface area contributed by atoms with Crippen molar-refractivity contribution in [3.8, 4) is 28.7 Å². The van der Waals surface area contributed by atoms with Gasteiger partial charge in [0.05, 0.1) is 21.3 Å². The summed E-state index contributed by atoms with van der Waals surface area (Å²) in [4.78, 5) is 12.4. The first kappa shape index (κ1) is 20.2. The maximum atomic E-state index is 12.4. The van der Waals surface area contributed by atoms with Gasteiger partial charge in [-0.25, -0.2) is 0 Å². The second kappa shape index (κ2) is 9.09. The van der Waals surface area contributed by atoms with Gasteiger partial charge in [-0.05, 0) is 18.6 Å². The Bertz CT molecular complexity index is 974. The first-order chi connectivity index (χ1) is 14.0. The minimum Gasteiger partial charge on any atom is -0.493 e. The van der Waals surface area contributed by atoms with E-state index in [1.165, 1.54) is 21.3 Å². The zero-order valence-electron chi connectivity index (χ0n) is 16.8. The lowest BCUT2D eigenvalue weighted by Crippen LogP contribution is -2.12. The molecule has 152 valence electrons. The SMILES string of the molecule is COc1cc(NC(=O)CCc2nnc(-c3ccccc3C)o2)cc(OC)c1OC. The van der Waals surface area contributed by atoms with Crippen molar-refractivity contribution in [1.29, 1.82) is 0 Å². The lowest BCUT2D eigenvalue weighted by molar-refractivity contribution is -0.116. The topological polar surface area (TPSA) is 95.7 Å². The van der Waals surface area contributed by atoms with Gasteiger partial charge in [-0.2, -0.15) is 0 Å². The molecule has 0 fully saturated rings. The number of rotatable bonds is 8. The van der Waals surface area contributed by atoms with Crippen molar-refractivity contribution in [3.05, 3.63) is 47.9 Å². The smallest absolute Gasteiger partial charge is 0.247 e. The third kappa shape index (κ3) is 4.66. The van der Waals surface area contributed by atoms with Gasteiger partial charge in [0.2, 0.25) is 23.4 Å². The Hall–Kier alpha value is -3.55. The van der Waals surface area contributed by atoms with Crippen LogP contribution in [0, 0.1) is 6.92 Å². The van der Waals surface area contributed by atoms with Gasteiger partial charge in [-0.15, -0.1) is 10.2 Å². The van der Waals surface area contributed by atoms with E-state index in [0.29, 0.717) is 41.1 Å². The number of methoxy groups -OCH3 is 3. The number of nitrogens with zero attached hydrogens (tertiary/aromatic N) is 2. The first-order valence-electron chi connectivity index (χ1n) is 9.04. The van der Waals surface area contributed by atoms with Crippen molar-refractivity contribution < 1.29 is 23.4 Å². The number of carbonyl (C=O) groups excluding carboxylic acids is 1. The molecule has 0 radical (unpaired) electrons. The van der Waals surface area contributed by atoms with Crippen molar-refractivity contribution in [2.75, 3.05) is 26.6 Å². The number of anilines is 1. The van der Waals surface area contributed by atoms with E-state index in [4.69, 9.17) is 18.6 Å². The Morgan fingerprint density at radius 1 is 1.03 bits per heavy atom. The molecular weight excluding hydrogens is 374 g/mol. The van der Waals surface area contributed by atoms with Gasteiger partial charge in [0.25, 0.3) is 0 Å². The summed E-state index contributed by atoms with van der Waals surface area (Å²) < 4.78 is 21.6. The molecule has 3 rings (SSSR count). The van der Waals surface area contributed by atoms with Crippen LogP contribution >= 0.6 is 0 Å². The molecule has 0 saturated carbocycles. The molecule has 1 N–H and O–H groups in total. The molecule has 0 aliphatic heterocycles. The lowest BCUT2D eigenvalue weighted by atomic mass is 10.1. The lowest BCUT2D eigenvalue weighted by Gasteiger charge is -2.14. The number of ether oxygens (including phenoxy) is 3. The largest absolute Gasteiger partial charge is 0.493 e. The monoisotopic (exact) mass is 397 g/mol. The zero-order valence-corrected chi connectivity index (χ0v) is 16.8. The number of aryl methyl sites for hydroxylation is 2. The molecule has 2 aromatic carbocycles. The van der Waals surface area contributed by atoms with E-state index >= 15 is 0 Å². The van der Waals surface area contributed by atoms with Gasteiger partial charge in [-0.3, -0.25) is 4.79 Å². The molecule has 0 aliphatic rings. The maximum Gasteiger partial charge on any atom is 0.247 e. The first-order valence-corrected chi connectivity index (χ1v) is 9.04. The quantitative estimate of drug-likeness (QED) is 0.620. The van der Waals surface area contributed by atoms with E-state index in [9.17, 15) is 4.79 Å². The second-order valence-electron chi connectivity index (χ2n) is 6.28. The van der Waals surface area contributed by atoms with Crippen LogP contribution in [-0.4, -0.2) is 37.4 Å². The Balaban J connectivity index is 1.64. The third-order valence-corrected chi connectivity index (χ3v) is 4.36. The number of hydrogen-bond donors (Lipinski definition) is 1. The molecule has 1 aromatic heterocycles. The van der Waals surface area contributed by atoms with Crippen LogP contribution in [0.1, 0.15) is 17.9 Å². The van der Waals surface area contributed by atoms with E-state index in [1.54, 1.807) is 12.1 Å². The molecular formula is C21H23N3O5. The highest BCUT2D eigenvalue weighted by molar-refractivity contribution is 5.91. The third-order valence-electron chi connectivity index (χ3n) is 4.36. The van der Waals surface area contributed by atoms with Crippen LogP contribution in [0.25, 0.3) is 11.5 Å². The average Bonchev–Trinajstić information content (AvgIpc) is 3.20. The predicted molar refractivity (Wildman–Crippen MR) is 108 cm³/mol. The van der Waals surface area contributed by atoms with E-state index < -0.39 is 0 Å². The number of aromatic nitrogens is 2. The summed E-state index contributed by atoms with van der Waals surface area (Å²) in [5, 5.41) is 10.9. The van der Waals surface area contributed by atoms with Crippen LogP contribution in [0.3, 0.4) is 0 Å². The standard InChI is InChI=1S/C21H23N3O5/c1-13-7-5-6-8-15(13)21-24-23-19(29-21)10-9-18(25)22-14-11-16(26-2)20(28-4)17(12-14)27-3/h5-8,11-12H,9-10H2,1-4H3,(H,22,25). The summed E-state index contributed by atoms with van der Waals surface area (Å²) in [6.45, 7) is 1.98. The van der Waals surface area contributed by atoms with Gasteiger partial charge in [0.1, 0.15) is 0 Å². The van der Waals surface area contributed by atoms with E-state index in [2.05, 4.69) is 15.5 Å². The normalized spacial score (nSPS) is 10.5. The molecule has 1 amide bonds. The molecule has 0 unspecified atom stereocenters. The van der Waals surface area contributed by atoms with Crippen LogP contribution < -0.4 is 19.5 Å². The van der Waals surface area contributed by atoms with Crippen molar-refractivity contribution >= 4 is 11.6 Å². The molecule has 8 nitrogen and oxygen atoms in total. The van der Waals surface area contributed by atoms with Crippen molar-refractivity contribution in [2.45, 2.75) is 19.8 Å². The van der Waals surface area contributed by atoms with Crippen LogP contribution in [0.5, 0.6) is 17.2 Å². The maximum absolute atomic E-state index is 12.4. The van der Waals surface area contributed by atoms with Crippen molar-refractivity contribution in [2.24, 2.45) is 0 Å². The van der Waals surface area contributed by atoms with Crippen LogP contribution in [0.15, 0.2) is 40.8 Å². The van der Waals surface area contributed by atoms with Gasteiger partial charge < -0.3 is 23.9 Å². The van der Waals surface area contributed by atoms with E-state index in [1.807, 2.05) is 31.2 Å². The predicted octanol–water partition coefficient (Wildman–Crippen LogP) is 3.64. The zero-order chi connectivity index (χ0) is 20.8. The van der Waals surface area contributed by atoms with Gasteiger partial charge >= 0.3 is 0 Å². The Kier molecular flexibility index (Phi) is 6.33. The second-order valence-corrected chi connectivity index (χ2v) is 6.28. The molecule has 0 atom stereocenters.